The third-order valence-corrected chi connectivity index (χ3v) is 4.78. The van der Waals surface area contributed by atoms with Gasteiger partial charge in [-0.1, -0.05) is 0 Å². The van der Waals surface area contributed by atoms with Crippen molar-refractivity contribution >= 4 is 17.5 Å². The van der Waals surface area contributed by atoms with Crippen LogP contribution in [0.3, 0.4) is 0 Å². The summed E-state index contributed by atoms with van der Waals surface area (Å²) >= 11 is 0. The highest BCUT2D eigenvalue weighted by Gasteiger charge is 2.26. The Morgan fingerprint density at radius 3 is 1.69 bits per heavy atom. The molecule has 0 radical (unpaired) electrons. The molecule has 1 aliphatic rings. The molecule has 0 saturated carbocycles. The minimum Gasteiger partial charge on any atom is -0.497 e. The van der Waals surface area contributed by atoms with E-state index < -0.39 is 4.92 Å². The molecule has 9 heteroatoms. The third kappa shape index (κ3) is 4.45. The summed E-state index contributed by atoms with van der Waals surface area (Å²) in [5.41, 5.74) is 0.773. The molecule has 29 heavy (non-hydrogen) atoms. The van der Waals surface area contributed by atoms with E-state index in [0.717, 1.165) is 0 Å². The fourth-order valence-corrected chi connectivity index (χ4v) is 3.13. The number of benzene rings is 2. The summed E-state index contributed by atoms with van der Waals surface area (Å²) in [5.74, 6) is 0.680. The molecule has 0 spiro atoms. The van der Waals surface area contributed by atoms with E-state index in [1.807, 2.05) is 0 Å². The highest BCUT2D eigenvalue weighted by molar-refractivity contribution is 5.96. The van der Waals surface area contributed by atoms with Crippen LogP contribution in [0.5, 0.6) is 11.5 Å². The van der Waals surface area contributed by atoms with Gasteiger partial charge in [-0.3, -0.25) is 19.7 Å². The van der Waals surface area contributed by atoms with Crippen molar-refractivity contribution < 1.29 is 24.0 Å². The second kappa shape index (κ2) is 8.59. The molecule has 0 N–H and O–H groups in total. The first-order chi connectivity index (χ1) is 13.9. The predicted molar refractivity (Wildman–Crippen MR) is 104 cm³/mol. The highest BCUT2D eigenvalue weighted by Crippen LogP contribution is 2.24. The molecule has 0 unspecified atom stereocenters. The lowest BCUT2D eigenvalue weighted by Crippen LogP contribution is -2.50. The molecule has 3 rings (SSSR count). The summed E-state index contributed by atoms with van der Waals surface area (Å²) in [4.78, 5) is 39.0. The fourth-order valence-electron chi connectivity index (χ4n) is 3.13. The maximum atomic E-state index is 12.8. The Morgan fingerprint density at radius 1 is 0.828 bits per heavy atom. The molecule has 1 saturated heterocycles. The van der Waals surface area contributed by atoms with Gasteiger partial charge in [0.15, 0.2) is 0 Å². The largest absolute Gasteiger partial charge is 0.497 e. The summed E-state index contributed by atoms with van der Waals surface area (Å²) in [7, 11) is 3.04. The zero-order valence-electron chi connectivity index (χ0n) is 16.2. The van der Waals surface area contributed by atoms with E-state index in [0.29, 0.717) is 48.8 Å². The molecular weight excluding hydrogens is 378 g/mol. The van der Waals surface area contributed by atoms with E-state index in [1.165, 1.54) is 38.5 Å². The molecule has 1 heterocycles. The van der Waals surface area contributed by atoms with E-state index in [1.54, 1.807) is 28.0 Å². The van der Waals surface area contributed by atoms with E-state index in [-0.39, 0.29) is 17.5 Å². The lowest BCUT2D eigenvalue weighted by atomic mass is 10.1. The maximum Gasteiger partial charge on any atom is 0.269 e. The van der Waals surface area contributed by atoms with Gasteiger partial charge in [0.1, 0.15) is 11.5 Å². The van der Waals surface area contributed by atoms with Crippen molar-refractivity contribution in [1.82, 2.24) is 9.80 Å². The first-order valence-electron chi connectivity index (χ1n) is 8.99. The number of carbonyl (C=O) groups excluding carboxylic acids is 2. The number of non-ortho nitro benzene ring substituents is 1. The molecule has 1 aliphatic heterocycles. The minimum atomic E-state index is -0.508. The van der Waals surface area contributed by atoms with E-state index in [4.69, 9.17) is 9.47 Å². The summed E-state index contributed by atoms with van der Waals surface area (Å²) in [6.07, 6.45) is 0. The normalized spacial score (nSPS) is 13.7. The van der Waals surface area contributed by atoms with Gasteiger partial charge in [0, 0.05) is 55.5 Å². The van der Waals surface area contributed by atoms with Crippen molar-refractivity contribution in [2.24, 2.45) is 0 Å². The average Bonchev–Trinajstić information content (AvgIpc) is 2.77. The van der Waals surface area contributed by atoms with E-state index >= 15 is 0 Å². The van der Waals surface area contributed by atoms with Crippen LogP contribution in [0.15, 0.2) is 42.5 Å². The van der Waals surface area contributed by atoms with Crippen molar-refractivity contribution in [3.05, 3.63) is 63.7 Å². The molecule has 1 fully saturated rings. The SMILES string of the molecule is COc1cc(OC)cc(C(=O)N2CCN(C(=O)c3ccc([N+](=O)[O-])cc3)CC2)c1. The number of hydrogen-bond donors (Lipinski definition) is 0. The van der Waals surface area contributed by atoms with Gasteiger partial charge in [0.2, 0.25) is 0 Å². The van der Waals surface area contributed by atoms with Crippen LogP contribution in [0.2, 0.25) is 0 Å². The van der Waals surface area contributed by atoms with Crippen LogP contribution in [0.25, 0.3) is 0 Å². The highest BCUT2D eigenvalue weighted by atomic mass is 16.6. The minimum absolute atomic E-state index is 0.0642. The Balaban J connectivity index is 1.64. The number of nitro benzene ring substituents is 1. The van der Waals surface area contributed by atoms with E-state index in [2.05, 4.69) is 0 Å². The van der Waals surface area contributed by atoms with Crippen LogP contribution in [-0.2, 0) is 0 Å². The van der Waals surface area contributed by atoms with Gasteiger partial charge in [0.25, 0.3) is 17.5 Å². The van der Waals surface area contributed by atoms with Crippen LogP contribution in [-0.4, -0.2) is 66.9 Å². The maximum absolute atomic E-state index is 12.8. The predicted octanol–water partition coefficient (Wildman–Crippen LogP) is 2.21. The number of carbonyl (C=O) groups is 2. The molecule has 2 amide bonds. The van der Waals surface area contributed by atoms with Crippen LogP contribution in [0, 0.1) is 10.1 Å². The molecule has 0 bridgehead atoms. The second-order valence-corrected chi connectivity index (χ2v) is 6.49. The Hall–Kier alpha value is -3.62. The summed E-state index contributed by atoms with van der Waals surface area (Å²) < 4.78 is 10.4. The molecule has 2 aromatic rings. The Morgan fingerprint density at radius 2 is 1.28 bits per heavy atom. The third-order valence-electron chi connectivity index (χ3n) is 4.78. The van der Waals surface area contributed by atoms with Crippen LogP contribution in [0.1, 0.15) is 20.7 Å². The summed E-state index contributed by atoms with van der Waals surface area (Å²) in [6, 6.07) is 10.5. The number of rotatable bonds is 5. The topological polar surface area (TPSA) is 102 Å². The van der Waals surface area contributed by atoms with Gasteiger partial charge in [-0.25, -0.2) is 0 Å². The second-order valence-electron chi connectivity index (χ2n) is 6.49. The molecule has 2 aromatic carbocycles. The fraction of sp³-hybridized carbons (Fsp3) is 0.300. The lowest BCUT2D eigenvalue weighted by Gasteiger charge is -2.35. The Kier molecular flexibility index (Phi) is 5.96. The van der Waals surface area contributed by atoms with Gasteiger partial charge in [-0.05, 0) is 24.3 Å². The van der Waals surface area contributed by atoms with Gasteiger partial charge in [-0.15, -0.1) is 0 Å². The standard InChI is InChI=1S/C20H21N3O6/c1-28-17-11-15(12-18(13-17)29-2)20(25)22-9-7-21(8-10-22)19(24)14-3-5-16(6-4-14)23(26)27/h3-6,11-13H,7-10H2,1-2H3. The van der Waals surface area contributed by atoms with Crippen LogP contribution in [0.4, 0.5) is 5.69 Å². The molecule has 0 atom stereocenters. The summed E-state index contributed by atoms with van der Waals surface area (Å²) in [6.45, 7) is 1.53. The van der Waals surface area contributed by atoms with Gasteiger partial charge < -0.3 is 19.3 Å². The number of amides is 2. The van der Waals surface area contributed by atoms with Crippen molar-refractivity contribution in [3.63, 3.8) is 0 Å². The molecule has 152 valence electrons. The van der Waals surface area contributed by atoms with Gasteiger partial charge in [0.05, 0.1) is 19.1 Å². The molecule has 0 aliphatic carbocycles. The van der Waals surface area contributed by atoms with Crippen molar-refractivity contribution in [2.45, 2.75) is 0 Å². The first kappa shape index (κ1) is 20.1. The quantitative estimate of drug-likeness (QED) is 0.564. The van der Waals surface area contributed by atoms with Gasteiger partial charge >= 0.3 is 0 Å². The zero-order chi connectivity index (χ0) is 21.0. The number of methoxy groups -OCH3 is 2. The van der Waals surface area contributed by atoms with Crippen molar-refractivity contribution in [3.8, 4) is 11.5 Å². The van der Waals surface area contributed by atoms with Crippen molar-refractivity contribution in [2.75, 3.05) is 40.4 Å². The number of ether oxygens (including phenoxy) is 2. The molecule has 9 nitrogen and oxygen atoms in total. The molecular formula is C20H21N3O6. The Labute approximate surface area is 167 Å². The van der Waals surface area contributed by atoms with Crippen molar-refractivity contribution in [1.29, 1.82) is 0 Å². The monoisotopic (exact) mass is 399 g/mol. The number of piperazine rings is 1. The van der Waals surface area contributed by atoms with E-state index in [9.17, 15) is 19.7 Å². The first-order valence-corrected chi connectivity index (χ1v) is 8.99. The zero-order valence-corrected chi connectivity index (χ0v) is 16.2. The number of nitro groups is 1. The number of hydrogen-bond acceptors (Lipinski definition) is 6. The number of nitrogens with zero attached hydrogens (tertiary/aromatic N) is 3. The molecule has 0 aromatic heterocycles. The Bertz CT molecular complexity index is 898. The van der Waals surface area contributed by atoms with Crippen LogP contribution < -0.4 is 9.47 Å². The average molecular weight is 399 g/mol. The van der Waals surface area contributed by atoms with Gasteiger partial charge in [-0.2, -0.15) is 0 Å². The van der Waals surface area contributed by atoms with Crippen LogP contribution >= 0.6 is 0 Å². The lowest BCUT2D eigenvalue weighted by molar-refractivity contribution is -0.384. The summed E-state index contributed by atoms with van der Waals surface area (Å²) in [5, 5.41) is 10.7. The smallest absolute Gasteiger partial charge is 0.269 e.